The molecule has 0 saturated carbocycles. The van der Waals surface area contributed by atoms with E-state index in [0.717, 1.165) is 13.1 Å². The van der Waals surface area contributed by atoms with E-state index in [9.17, 15) is 9.90 Å². The molecule has 1 fully saturated rings. The van der Waals surface area contributed by atoms with Crippen LogP contribution in [0, 0.1) is 0 Å². The van der Waals surface area contributed by atoms with Crippen molar-refractivity contribution in [2.75, 3.05) is 26.2 Å². The summed E-state index contributed by atoms with van der Waals surface area (Å²) in [5.74, 6) is 0.625. The Balaban J connectivity index is 1.49. The number of aliphatic hydroxyl groups is 1. The third-order valence-electron chi connectivity index (χ3n) is 4.56. The zero-order chi connectivity index (χ0) is 19.2. The molecule has 1 N–H and O–H groups in total. The second-order valence-electron chi connectivity index (χ2n) is 7.16. The Labute approximate surface area is 160 Å². The van der Waals surface area contributed by atoms with Crippen molar-refractivity contribution in [2.45, 2.75) is 32.2 Å². The highest BCUT2D eigenvalue weighted by atomic mass is 16.5. The van der Waals surface area contributed by atoms with Gasteiger partial charge in [0.1, 0.15) is 18.5 Å². The van der Waals surface area contributed by atoms with Gasteiger partial charge in [-0.3, -0.25) is 9.69 Å². The highest BCUT2D eigenvalue weighted by Gasteiger charge is 2.24. The predicted octanol–water partition coefficient (Wildman–Crippen LogP) is 2.77. The van der Waals surface area contributed by atoms with Crippen molar-refractivity contribution in [3.63, 3.8) is 0 Å². The number of carbonyl (C=O) groups is 1. The minimum Gasteiger partial charge on any atom is -0.491 e. The third kappa shape index (κ3) is 5.63. The average molecular weight is 369 g/mol. The first-order chi connectivity index (χ1) is 13.0. The second-order valence-corrected chi connectivity index (χ2v) is 7.16. The lowest BCUT2D eigenvalue weighted by Crippen LogP contribution is -2.48. The van der Waals surface area contributed by atoms with Crippen molar-refractivity contribution in [1.29, 1.82) is 0 Å². The SMILES string of the molecule is C[C@@H]1CN(C[C@@H](O)COc2ccc(C(=O)c3ccccc3)cc2)C[C@@H](C)O1. The molecule has 144 valence electrons. The molecule has 1 saturated heterocycles. The van der Waals surface area contributed by atoms with E-state index < -0.39 is 6.10 Å². The number of hydrogen-bond donors (Lipinski definition) is 1. The van der Waals surface area contributed by atoms with E-state index in [1.165, 1.54) is 0 Å². The summed E-state index contributed by atoms with van der Waals surface area (Å²) in [4.78, 5) is 14.6. The van der Waals surface area contributed by atoms with Crippen LogP contribution in [0.3, 0.4) is 0 Å². The fourth-order valence-electron chi connectivity index (χ4n) is 3.44. The molecule has 1 aliphatic rings. The van der Waals surface area contributed by atoms with E-state index in [1.54, 1.807) is 36.4 Å². The molecule has 5 heteroatoms. The molecule has 5 nitrogen and oxygen atoms in total. The van der Waals surface area contributed by atoms with E-state index >= 15 is 0 Å². The molecule has 0 aliphatic carbocycles. The van der Waals surface area contributed by atoms with Gasteiger partial charge in [-0.1, -0.05) is 30.3 Å². The number of hydrogen-bond acceptors (Lipinski definition) is 5. The van der Waals surface area contributed by atoms with Crippen LogP contribution in [0.1, 0.15) is 29.8 Å². The van der Waals surface area contributed by atoms with Gasteiger partial charge in [-0.2, -0.15) is 0 Å². The van der Waals surface area contributed by atoms with E-state index in [1.807, 2.05) is 32.0 Å². The summed E-state index contributed by atoms with van der Waals surface area (Å²) in [6.07, 6.45) is -0.221. The number of morpholine rings is 1. The molecule has 2 aromatic rings. The van der Waals surface area contributed by atoms with Gasteiger partial charge in [0.2, 0.25) is 0 Å². The van der Waals surface area contributed by atoms with Crippen molar-refractivity contribution in [3.8, 4) is 5.75 Å². The molecule has 1 aliphatic heterocycles. The molecule has 2 aromatic carbocycles. The van der Waals surface area contributed by atoms with Gasteiger partial charge in [-0.15, -0.1) is 0 Å². The van der Waals surface area contributed by atoms with E-state index in [-0.39, 0.29) is 24.6 Å². The summed E-state index contributed by atoms with van der Waals surface area (Å²) in [6.45, 7) is 6.50. The number of aliphatic hydroxyl groups excluding tert-OH is 1. The molecule has 0 amide bonds. The molecule has 0 bridgehead atoms. The maximum atomic E-state index is 12.4. The van der Waals surface area contributed by atoms with Crippen molar-refractivity contribution in [2.24, 2.45) is 0 Å². The van der Waals surface area contributed by atoms with Gasteiger partial charge in [0.25, 0.3) is 0 Å². The molecule has 0 unspecified atom stereocenters. The van der Waals surface area contributed by atoms with Gasteiger partial charge >= 0.3 is 0 Å². The molecule has 0 aromatic heterocycles. The third-order valence-corrected chi connectivity index (χ3v) is 4.56. The van der Waals surface area contributed by atoms with Crippen LogP contribution in [0.2, 0.25) is 0 Å². The van der Waals surface area contributed by atoms with E-state index in [2.05, 4.69) is 4.90 Å². The van der Waals surface area contributed by atoms with Crippen LogP contribution in [-0.4, -0.2) is 60.3 Å². The van der Waals surface area contributed by atoms with Gasteiger partial charge in [-0.05, 0) is 38.1 Å². The molecular formula is C22H27NO4. The normalized spacial score (nSPS) is 21.6. The van der Waals surface area contributed by atoms with E-state index in [0.29, 0.717) is 23.4 Å². The zero-order valence-electron chi connectivity index (χ0n) is 15.9. The smallest absolute Gasteiger partial charge is 0.193 e. The first-order valence-corrected chi connectivity index (χ1v) is 9.39. The van der Waals surface area contributed by atoms with Crippen LogP contribution in [0.25, 0.3) is 0 Å². The van der Waals surface area contributed by atoms with Crippen LogP contribution >= 0.6 is 0 Å². The summed E-state index contributed by atoms with van der Waals surface area (Å²) in [5, 5.41) is 10.3. The highest BCUT2D eigenvalue weighted by molar-refractivity contribution is 6.08. The lowest BCUT2D eigenvalue weighted by Gasteiger charge is -2.36. The molecule has 3 atom stereocenters. The number of rotatable bonds is 7. The first-order valence-electron chi connectivity index (χ1n) is 9.39. The minimum atomic E-state index is -0.576. The zero-order valence-corrected chi connectivity index (χ0v) is 15.9. The average Bonchev–Trinajstić information content (AvgIpc) is 2.66. The quantitative estimate of drug-likeness (QED) is 0.761. The lowest BCUT2D eigenvalue weighted by molar-refractivity contribution is -0.0786. The molecule has 3 rings (SSSR count). The van der Waals surface area contributed by atoms with Gasteiger partial charge in [0.15, 0.2) is 5.78 Å². The molecule has 0 radical (unpaired) electrons. The maximum Gasteiger partial charge on any atom is 0.193 e. The van der Waals surface area contributed by atoms with Gasteiger partial charge in [0, 0.05) is 30.8 Å². The minimum absolute atomic E-state index is 0.0160. The Hall–Kier alpha value is -2.21. The lowest BCUT2D eigenvalue weighted by atomic mass is 10.0. The summed E-state index contributed by atoms with van der Waals surface area (Å²) in [7, 11) is 0. The Morgan fingerprint density at radius 3 is 2.30 bits per heavy atom. The number of β-amino-alcohol motifs (C(OH)–C–C–N with tert-alkyl or cyclic N) is 1. The number of benzene rings is 2. The largest absolute Gasteiger partial charge is 0.491 e. The van der Waals surface area contributed by atoms with Crippen molar-refractivity contribution >= 4 is 5.78 Å². The van der Waals surface area contributed by atoms with E-state index in [4.69, 9.17) is 9.47 Å². The van der Waals surface area contributed by atoms with Crippen molar-refractivity contribution in [3.05, 3.63) is 65.7 Å². The summed E-state index contributed by atoms with van der Waals surface area (Å²) in [6, 6.07) is 16.2. The number of carbonyl (C=O) groups excluding carboxylic acids is 1. The van der Waals surface area contributed by atoms with Gasteiger partial charge in [0.05, 0.1) is 12.2 Å². The Kier molecular flexibility index (Phi) is 6.61. The first kappa shape index (κ1) is 19.5. The van der Waals surface area contributed by atoms with Crippen molar-refractivity contribution in [1.82, 2.24) is 4.90 Å². The second kappa shape index (κ2) is 9.13. The monoisotopic (exact) mass is 369 g/mol. The summed E-state index contributed by atoms with van der Waals surface area (Å²) in [5.41, 5.74) is 1.28. The van der Waals surface area contributed by atoms with Crippen LogP contribution in [0.4, 0.5) is 0 Å². The molecular weight excluding hydrogens is 342 g/mol. The van der Waals surface area contributed by atoms with Crippen LogP contribution in [-0.2, 0) is 4.74 Å². The summed E-state index contributed by atoms with van der Waals surface area (Å²) < 4.78 is 11.4. The Bertz CT molecular complexity index is 722. The fraction of sp³-hybridized carbons (Fsp3) is 0.409. The topological polar surface area (TPSA) is 59.0 Å². The number of ether oxygens (including phenoxy) is 2. The standard InChI is InChI=1S/C22H27NO4/c1-16-12-23(13-17(2)27-16)14-20(24)15-26-21-10-8-19(9-11-21)22(25)18-6-4-3-5-7-18/h3-11,16-17,20,24H,12-15H2,1-2H3/t16-,17-,20-/m1/s1. The van der Waals surface area contributed by atoms with Crippen LogP contribution in [0.5, 0.6) is 5.75 Å². The fourth-order valence-corrected chi connectivity index (χ4v) is 3.44. The van der Waals surface area contributed by atoms with Crippen LogP contribution < -0.4 is 4.74 Å². The van der Waals surface area contributed by atoms with Gasteiger partial charge < -0.3 is 14.6 Å². The van der Waals surface area contributed by atoms with Gasteiger partial charge in [-0.25, -0.2) is 0 Å². The Morgan fingerprint density at radius 2 is 1.67 bits per heavy atom. The predicted molar refractivity (Wildman–Crippen MR) is 104 cm³/mol. The maximum absolute atomic E-state index is 12.4. The van der Waals surface area contributed by atoms with Crippen LogP contribution in [0.15, 0.2) is 54.6 Å². The molecule has 0 spiro atoms. The molecule has 1 heterocycles. The highest BCUT2D eigenvalue weighted by Crippen LogP contribution is 2.16. The van der Waals surface area contributed by atoms with Crippen molar-refractivity contribution < 1.29 is 19.4 Å². The molecule has 27 heavy (non-hydrogen) atoms. The number of nitrogens with zero attached hydrogens (tertiary/aromatic N) is 1. The Morgan fingerprint density at radius 1 is 1.07 bits per heavy atom. The number of ketones is 1. The summed E-state index contributed by atoms with van der Waals surface area (Å²) >= 11 is 0.